The predicted octanol–water partition coefficient (Wildman–Crippen LogP) is 6.70. The van der Waals surface area contributed by atoms with Gasteiger partial charge in [0.25, 0.3) is 5.91 Å². The molecule has 0 bridgehead atoms. The van der Waals surface area contributed by atoms with Crippen LogP contribution in [0.4, 0.5) is 0 Å². The highest BCUT2D eigenvalue weighted by Crippen LogP contribution is 2.43. The molecule has 5 rings (SSSR count). The minimum absolute atomic E-state index is 0.0281. The molecule has 0 aliphatic carbocycles. The molecule has 3 aromatic carbocycles. The van der Waals surface area contributed by atoms with Gasteiger partial charge in [-0.15, -0.1) is 0 Å². The van der Waals surface area contributed by atoms with Crippen molar-refractivity contribution in [3.05, 3.63) is 107 Å². The van der Waals surface area contributed by atoms with Gasteiger partial charge in [0.2, 0.25) is 0 Å². The normalized spacial score (nSPS) is 14.9. The Balaban J connectivity index is 1.51. The van der Waals surface area contributed by atoms with Gasteiger partial charge in [-0.2, -0.15) is 5.10 Å². The molecule has 2 heterocycles. The van der Waals surface area contributed by atoms with Gasteiger partial charge < -0.3 is 9.64 Å². The molecule has 5 heteroatoms. The Morgan fingerprint density at radius 1 is 0.943 bits per heavy atom. The third-order valence-corrected chi connectivity index (χ3v) is 6.60. The minimum atomic E-state index is -0.234. The number of nitrogens with one attached hydrogen (secondary N) is 1. The third kappa shape index (κ3) is 4.72. The Hall–Kier alpha value is -3.86. The molecule has 0 spiro atoms. The largest absolute Gasteiger partial charge is 0.494 e. The maximum absolute atomic E-state index is 13.6. The van der Waals surface area contributed by atoms with Gasteiger partial charge in [0, 0.05) is 17.7 Å². The zero-order chi connectivity index (χ0) is 24.2. The van der Waals surface area contributed by atoms with E-state index in [0.717, 1.165) is 46.7 Å². The summed E-state index contributed by atoms with van der Waals surface area (Å²) in [4.78, 5) is 15.5. The van der Waals surface area contributed by atoms with E-state index in [0.29, 0.717) is 12.2 Å². The quantitative estimate of drug-likeness (QED) is 0.280. The molecular formula is C30H31N3O2. The van der Waals surface area contributed by atoms with Crippen molar-refractivity contribution in [1.29, 1.82) is 0 Å². The molecule has 1 aliphatic rings. The Morgan fingerprint density at radius 2 is 1.69 bits per heavy atom. The highest BCUT2D eigenvalue weighted by molar-refractivity contribution is 6.00. The fraction of sp³-hybridized carbons (Fsp3) is 0.267. The molecule has 0 saturated carbocycles. The van der Waals surface area contributed by atoms with Crippen LogP contribution in [-0.2, 0) is 6.54 Å². The Labute approximate surface area is 206 Å². The molecule has 0 fully saturated rings. The van der Waals surface area contributed by atoms with E-state index in [9.17, 15) is 4.79 Å². The lowest BCUT2D eigenvalue weighted by Gasteiger charge is -2.26. The number of rotatable bonds is 9. The van der Waals surface area contributed by atoms with Crippen LogP contribution in [0.15, 0.2) is 78.9 Å². The van der Waals surface area contributed by atoms with Gasteiger partial charge in [-0.05, 0) is 36.6 Å². The molecule has 178 valence electrons. The second-order valence-corrected chi connectivity index (χ2v) is 9.17. The number of aryl methyl sites for hydroxylation is 1. The Morgan fingerprint density at radius 3 is 2.40 bits per heavy atom. The summed E-state index contributed by atoms with van der Waals surface area (Å²) in [6.07, 6.45) is 3.39. The van der Waals surface area contributed by atoms with E-state index in [1.165, 1.54) is 18.4 Å². The molecule has 1 amide bonds. The van der Waals surface area contributed by atoms with Crippen LogP contribution in [0.3, 0.4) is 0 Å². The summed E-state index contributed by atoms with van der Waals surface area (Å²) in [5, 5.41) is 7.63. The van der Waals surface area contributed by atoms with Gasteiger partial charge in [-0.3, -0.25) is 9.89 Å². The van der Waals surface area contributed by atoms with Crippen LogP contribution in [0.2, 0.25) is 0 Å². The fourth-order valence-corrected chi connectivity index (χ4v) is 4.71. The number of benzene rings is 3. The second-order valence-electron chi connectivity index (χ2n) is 9.17. The van der Waals surface area contributed by atoms with E-state index in [4.69, 9.17) is 4.74 Å². The summed E-state index contributed by atoms with van der Waals surface area (Å²) >= 11 is 0. The smallest absolute Gasteiger partial charge is 0.273 e. The van der Waals surface area contributed by atoms with Gasteiger partial charge in [0.15, 0.2) is 0 Å². The van der Waals surface area contributed by atoms with E-state index in [1.54, 1.807) is 0 Å². The Kier molecular flexibility index (Phi) is 6.66. The van der Waals surface area contributed by atoms with Crippen molar-refractivity contribution in [2.24, 2.45) is 0 Å². The standard InChI is InChI=1S/C30H31N3O2/c1-3-4-8-19-35-25-17-15-24(16-18-25)29-26-27(23-13-11-21(2)12-14-23)31-32-28(26)30(34)33(29)20-22-9-6-5-7-10-22/h5-7,9-18,29H,3-4,8,19-20H2,1-2H3,(H,31,32). The van der Waals surface area contributed by atoms with Gasteiger partial charge in [-0.25, -0.2) is 0 Å². The van der Waals surface area contributed by atoms with Crippen molar-refractivity contribution in [2.75, 3.05) is 6.61 Å². The first-order chi connectivity index (χ1) is 17.2. The number of nitrogens with zero attached hydrogens (tertiary/aromatic N) is 2. The number of carbonyl (C=O) groups is 1. The van der Waals surface area contributed by atoms with Crippen molar-refractivity contribution < 1.29 is 9.53 Å². The zero-order valence-corrected chi connectivity index (χ0v) is 20.3. The average molecular weight is 466 g/mol. The monoisotopic (exact) mass is 465 g/mol. The molecule has 0 radical (unpaired) electrons. The number of amides is 1. The number of fused-ring (bicyclic) bond motifs is 1. The zero-order valence-electron chi connectivity index (χ0n) is 20.3. The summed E-state index contributed by atoms with van der Waals surface area (Å²) in [5.41, 5.74) is 6.67. The lowest BCUT2D eigenvalue weighted by molar-refractivity contribution is 0.0730. The molecule has 1 aromatic heterocycles. The van der Waals surface area contributed by atoms with Crippen LogP contribution >= 0.6 is 0 Å². The first-order valence-electron chi connectivity index (χ1n) is 12.4. The van der Waals surface area contributed by atoms with Crippen molar-refractivity contribution >= 4 is 5.91 Å². The van der Waals surface area contributed by atoms with Crippen molar-refractivity contribution in [3.8, 4) is 17.0 Å². The fourth-order valence-electron chi connectivity index (χ4n) is 4.71. The molecule has 35 heavy (non-hydrogen) atoms. The lowest BCUT2D eigenvalue weighted by Crippen LogP contribution is -2.29. The second kappa shape index (κ2) is 10.2. The topological polar surface area (TPSA) is 58.2 Å². The average Bonchev–Trinajstić information content (AvgIpc) is 3.43. The van der Waals surface area contributed by atoms with Crippen molar-refractivity contribution in [2.45, 2.75) is 45.7 Å². The molecular weight excluding hydrogens is 434 g/mol. The number of H-pyrrole nitrogens is 1. The van der Waals surface area contributed by atoms with Crippen LogP contribution in [0.5, 0.6) is 5.75 Å². The van der Waals surface area contributed by atoms with Crippen LogP contribution < -0.4 is 4.74 Å². The first kappa shape index (κ1) is 22.9. The lowest BCUT2D eigenvalue weighted by atomic mass is 9.95. The van der Waals surface area contributed by atoms with Gasteiger partial charge in [-0.1, -0.05) is 92.1 Å². The maximum Gasteiger partial charge on any atom is 0.273 e. The number of carbonyl (C=O) groups excluding carboxylic acids is 1. The summed E-state index contributed by atoms with van der Waals surface area (Å²) in [5.74, 6) is 0.828. The number of aromatic nitrogens is 2. The third-order valence-electron chi connectivity index (χ3n) is 6.60. The van der Waals surface area contributed by atoms with Crippen molar-refractivity contribution in [3.63, 3.8) is 0 Å². The molecule has 5 nitrogen and oxygen atoms in total. The Bertz CT molecular complexity index is 1280. The molecule has 1 aliphatic heterocycles. The number of ether oxygens (including phenoxy) is 1. The summed E-state index contributed by atoms with van der Waals surface area (Å²) in [6.45, 7) is 5.50. The highest BCUT2D eigenvalue weighted by atomic mass is 16.5. The molecule has 4 aromatic rings. The number of aromatic amines is 1. The summed E-state index contributed by atoms with van der Waals surface area (Å²) < 4.78 is 5.93. The van der Waals surface area contributed by atoms with Gasteiger partial charge in [0.1, 0.15) is 11.4 Å². The SMILES string of the molecule is CCCCCOc1ccc(C2c3c(-c4ccc(C)cc4)n[nH]c3C(=O)N2Cc2ccccc2)cc1. The minimum Gasteiger partial charge on any atom is -0.494 e. The summed E-state index contributed by atoms with van der Waals surface area (Å²) in [6, 6.07) is 26.4. The first-order valence-corrected chi connectivity index (χ1v) is 12.4. The summed E-state index contributed by atoms with van der Waals surface area (Å²) in [7, 11) is 0. The van der Waals surface area contributed by atoms with E-state index in [-0.39, 0.29) is 11.9 Å². The molecule has 0 saturated heterocycles. The van der Waals surface area contributed by atoms with Gasteiger partial charge in [0.05, 0.1) is 18.3 Å². The molecule has 1 unspecified atom stereocenters. The van der Waals surface area contributed by atoms with Crippen molar-refractivity contribution in [1.82, 2.24) is 15.1 Å². The van der Waals surface area contributed by atoms with Gasteiger partial charge >= 0.3 is 0 Å². The van der Waals surface area contributed by atoms with Crippen LogP contribution in [0, 0.1) is 6.92 Å². The van der Waals surface area contributed by atoms with Crippen LogP contribution in [0.25, 0.3) is 11.3 Å². The maximum atomic E-state index is 13.6. The van der Waals surface area contributed by atoms with E-state index in [1.807, 2.05) is 35.2 Å². The number of hydrogen-bond donors (Lipinski definition) is 1. The van der Waals surface area contributed by atoms with Crippen LogP contribution in [0.1, 0.15) is 65.0 Å². The molecule has 1 atom stereocenters. The number of hydrogen-bond acceptors (Lipinski definition) is 3. The van der Waals surface area contributed by atoms with E-state index >= 15 is 0 Å². The highest BCUT2D eigenvalue weighted by Gasteiger charge is 2.42. The number of unbranched alkanes of at least 4 members (excludes halogenated alkanes) is 2. The van der Waals surface area contributed by atoms with E-state index < -0.39 is 0 Å². The van der Waals surface area contributed by atoms with Crippen LogP contribution in [-0.4, -0.2) is 27.6 Å². The molecule has 1 N–H and O–H groups in total. The van der Waals surface area contributed by atoms with E-state index in [2.05, 4.69) is 72.6 Å². The predicted molar refractivity (Wildman–Crippen MR) is 138 cm³/mol.